The third-order valence-electron chi connectivity index (χ3n) is 3.13. The summed E-state index contributed by atoms with van der Waals surface area (Å²) >= 11 is 0. The lowest BCUT2D eigenvalue weighted by Gasteiger charge is -2.17. The second-order valence-electron chi connectivity index (χ2n) is 4.31. The van der Waals surface area contributed by atoms with Gasteiger partial charge in [0.2, 0.25) is 0 Å². The van der Waals surface area contributed by atoms with Crippen molar-refractivity contribution in [3.8, 4) is 0 Å². The number of hydrogen-bond acceptors (Lipinski definition) is 2. The highest BCUT2D eigenvalue weighted by Gasteiger charge is 2.14. The number of aromatic nitrogens is 2. The molecule has 0 aliphatic rings. The van der Waals surface area contributed by atoms with Gasteiger partial charge in [-0.3, -0.25) is 4.68 Å². The minimum absolute atomic E-state index is 0.562. The highest BCUT2D eigenvalue weighted by molar-refractivity contribution is 5.18. The Labute approximate surface area is 99.2 Å². The maximum absolute atomic E-state index is 4.57. The minimum Gasteiger partial charge on any atom is -0.316 e. The molecule has 0 saturated heterocycles. The van der Waals surface area contributed by atoms with E-state index in [-0.39, 0.29) is 0 Å². The average molecular weight is 223 g/mol. The van der Waals surface area contributed by atoms with Crippen molar-refractivity contribution in [1.29, 1.82) is 0 Å². The van der Waals surface area contributed by atoms with Crippen LogP contribution in [-0.2, 0) is 13.0 Å². The molecule has 0 unspecified atom stereocenters. The maximum atomic E-state index is 4.57. The van der Waals surface area contributed by atoms with Gasteiger partial charge in [0.25, 0.3) is 0 Å². The van der Waals surface area contributed by atoms with E-state index in [1.165, 1.54) is 17.7 Å². The van der Waals surface area contributed by atoms with Gasteiger partial charge in [-0.2, -0.15) is 5.10 Å². The van der Waals surface area contributed by atoms with Crippen LogP contribution in [0.1, 0.15) is 57.3 Å². The van der Waals surface area contributed by atoms with Gasteiger partial charge in [0.05, 0.1) is 12.2 Å². The molecule has 0 atom stereocenters. The van der Waals surface area contributed by atoms with Crippen LogP contribution < -0.4 is 5.32 Å². The second-order valence-corrected chi connectivity index (χ2v) is 4.31. The molecule has 0 amide bonds. The third-order valence-corrected chi connectivity index (χ3v) is 3.13. The first-order valence-electron chi connectivity index (χ1n) is 6.48. The molecule has 0 radical (unpaired) electrons. The third kappa shape index (κ3) is 2.85. The Morgan fingerprint density at radius 1 is 1.31 bits per heavy atom. The lowest BCUT2D eigenvalue weighted by molar-refractivity contribution is 0.413. The van der Waals surface area contributed by atoms with Gasteiger partial charge in [0.15, 0.2) is 0 Å². The highest BCUT2D eigenvalue weighted by Crippen LogP contribution is 2.21. The first-order valence-corrected chi connectivity index (χ1v) is 6.48. The lowest BCUT2D eigenvalue weighted by Crippen LogP contribution is -2.14. The topological polar surface area (TPSA) is 29.9 Å². The smallest absolute Gasteiger partial charge is 0.0537 e. The molecule has 3 nitrogen and oxygen atoms in total. The van der Waals surface area contributed by atoms with Gasteiger partial charge in [-0.15, -0.1) is 0 Å². The largest absolute Gasteiger partial charge is 0.316 e. The SMILES string of the molecule is CCCc1c(CNC)cnn1C(CC)CC. The van der Waals surface area contributed by atoms with Crippen LogP contribution >= 0.6 is 0 Å². The monoisotopic (exact) mass is 223 g/mol. The van der Waals surface area contributed by atoms with E-state index in [4.69, 9.17) is 0 Å². The fraction of sp³-hybridized carbons (Fsp3) is 0.769. The molecule has 0 saturated carbocycles. The van der Waals surface area contributed by atoms with E-state index >= 15 is 0 Å². The molecule has 92 valence electrons. The van der Waals surface area contributed by atoms with E-state index in [9.17, 15) is 0 Å². The van der Waals surface area contributed by atoms with Crippen molar-refractivity contribution < 1.29 is 0 Å². The summed E-state index contributed by atoms with van der Waals surface area (Å²) < 4.78 is 2.25. The highest BCUT2D eigenvalue weighted by atomic mass is 15.3. The predicted octanol–water partition coefficient (Wildman–Crippen LogP) is 2.92. The number of hydrogen-bond donors (Lipinski definition) is 1. The molecule has 1 aromatic rings. The summed E-state index contributed by atoms with van der Waals surface area (Å²) in [5, 5.41) is 7.79. The number of nitrogens with zero attached hydrogens (tertiary/aromatic N) is 2. The molecule has 0 spiro atoms. The van der Waals surface area contributed by atoms with Crippen molar-refractivity contribution in [2.75, 3.05) is 7.05 Å². The predicted molar refractivity (Wildman–Crippen MR) is 68.6 cm³/mol. The van der Waals surface area contributed by atoms with E-state index in [0.29, 0.717) is 6.04 Å². The van der Waals surface area contributed by atoms with Gasteiger partial charge in [-0.05, 0) is 26.3 Å². The van der Waals surface area contributed by atoms with Gasteiger partial charge >= 0.3 is 0 Å². The van der Waals surface area contributed by atoms with Crippen LogP contribution in [0.15, 0.2) is 6.20 Å². The molecule has 0 aliphatic carbocycles. The molecular weight excluding hydrogens is 198 g/mol. The van der Waals surface area contributed by atoms with Crippen molar-refractivity contribution >= 4 is 0 Å². The maximum Gasteiger partial charge on any atom is 0.0537 e. The Bertz CT molecular complexity index is 300. The molecule has 0 fully saturated rings. The van der Waals surface area contributed by atoms with Crippen LogP contribution in [0.2, 0.25) is 0 Å². The van der Waals surface area contributed by atoms with Crippen molar-refractivity contribution in [3.63, 3.8) is 0 Å². The van der Waals surface area contributed by atoms with Gasteiger partial charge < -0.3 is 5.32 Å². The minimum atomic E-state index is 0.562. The zero-order valence-electron chi connectivity index (χ0n) is 11.1. The van der Waals surface area contributed by atoms with Crippen LogP contribution in [0.25, 0.3) is 0 Å². The van der Waals surface area contributed by atoms with Crippen molar-refractivity contribution in [1.82, 2.24) is 15.1 Å². The second kappa shape index (κ2) is 6.69. The van der Waals surface area contributed by atoms with Gasteiger partial charge in [0.1, 0.15) is 0 Å². The van der Waals surface area contributed by atoms with E-state index in [2.05, 4.69) is 35.9 Å². The normalized spacial score (nSPS) is 11.3. The van der Waals surface area contributed by atoms with Crippen LogP contribution in [-0.4, -0.2) is 16.8 Å². The Kier molecular flexibility index (Phi) is 5.53. The molecular formula is C13H25N3. The van der Waals surface area contributed by atoms with Gasteiger partial charge in [-0.1, -0.05) is 27.2 Å². The zero-order valence-corrected chi connectivity index (χ0v) is 11.1. The van der Waals surface area contributed by atoms with Crippen LogP contribution in [0.5, 0.6) is 0 Å². The summed E-state index contributed by atoms with van der Waals surface area (Å²) in [6.07, 6.45) is 6.66. The van der Waals surface area contributed by atoms with Gasteiger partial charge in [-0.25, -0.2) is 0 Å². The van der Waals surface area contributed by atoms with E-state index in [1.54, 1.807) is 0 Å². The molecule has 1 aromatic heterocycles. The standard InChI is InChI=1S/C13H25N3/c1-5-8-13-11(9-14-4)10-15-16(13)12(6-2)7-3/h10,12,14H,5-9H2,1-4H3. The average Bonchev–Trinajstić information content (AvgIpc) is 2.66. The van der Waals surface area contributed by atoms with Crippen molar-refractivity contribution in [3.05, 3.63) is 17.5 Å². The van der Waals surface area contributed by atoms with Crippen LogP contribution in [0.3, 0.4) is 0 Å². The fourth-order valence-electron chi connectivity index (χ4n) is 2.22. The molecule has 3 heteroatoms. The summed E-state index contributed by atoms with van der Waals surface area (Å²) in [7, 11) is 1.99. The summed E-state index contributed by atoms with van der Waals surface area (Å²) in [4.78, 5) is 0. The van der Waals surface area contributed by atoms with Crippen LogP contribution in [0, 0.1) is 0 Å². The fourth-order valence-corrected chi connectivity index (χ4v) is 2.22. The van der Waals surface area contributed by atoms with E-state index in [0.717, 1.165) is 25.8 Å². The lowest BCUT2D eigenvalue weighted by atomic mass is 10.1. The number of nitrogens with one attached hydrogen (secondary N) is 1. The number of rotatable bonds is 7. The van der Waals surface area contributed by atoms with Gasteiger partial charge in [0, 0.05) is 17.8 Å². The van der Waals surface area contributed by atoms with Crippen molar-refractivity contribution in [2.45, 2.75) is 59.0 Å². The zero-order chi connectivity index (χ0) is 12.0. The Hall–Kier alpha value is -0.830. The first kappa shape index (κ1) is 13.2. The molecule has 1 N–H and O–H groups in total. The molecule has 0 aliphatic heterocycles. The first-order chi connectivity index (χ1) is 7.78. The summed E-state index contributed by atoms with van der Waals surface area (Å²) in [6.45, 7) is 7.63. The summed E-state index contributed by atoms with van der Waals surface area (Å²) in [5.41, 5.74) is 2.78. The molecule has 1 heterocycles. The molecule has 0 aromatic carbocycles. The molecule has 16 heavy (non-hydrogen) atoms. The Morgan fingerprint density at radius 2 is 2.00 bits per heavy atom. The van der Waals surface area contributed by atoms with E-state index < -0.39 is 0 Å². The van der Waals surface area contributed by atoms with Crippen molar-refractivity contribution in [2.24, 2.45) is 0 Å². The summed E-state index contributed by atoms with van der Waals surface area (Å²) in [5.74, 6) is 0. The summed E-state index contributed by atoms with van der Waals surface area (Å²) in [6, 6.07) is 0.562. The Morgan fingerprint density at radius 3 is 2.50 bits per heavy atom. The molecule has 0 bridgehead atoms. The molecule has 1 rings (SSSR count). The van der Waals surface area contributed by atoms with E-state index in [1.807, 2.05) is 13.2 Å². The Balaban J connectivity index is 2.98. The van der Waals surface area contributed by atoms with Crippen LogP contribution in [0.4, 0.5) is 0 Å². The quantitative estimate of drug-likeness (QED) is 0.770.